The van der Waals surface area contributed by atoms with Crippen molar-refractivity contribution in [3.8, 4) is 5.75 Å². The highest BCUT2D eigenvalue weighted by Gasteiger charge is 2.54. The molecule has 1 aromatic carbocycles. The predicted molar refractivity (Wildman–Crippen MR) is 110 cm³/mol. The molecule has 4 saturated carbocycles. The molecule has 4 fully saturated rings. The topological polar surface area (TPSA) is 52.3 Å². The Morgan fingerprint density at radius 3 is 2.46 bits per heavy atom. The second kappa shape index (κ2) is 6.14. The summed E-state index contributed by atoms with van der Waals surface area (Å²) < 4.78 is 7.48. The van der Waals surface area contributed by atoms with Gasteiger partial charge in [0.25, 0.3) is 0 Å². The molecule has 28 heavy (non-hydrogen) atoms. The van der Waals surface area contributed by atoms with Crippen molar-refractivity contribution in [3.63, 3.8) is 0 Å². The van der Waals surface area contributed by atoms with Gasteiger partial charge in [0.1, 0.15) is 10.8 Å². The summed E-state index contributed by atoms with van der Waals surface area (Å²) in [5.74, 6) is 4.66. The minimum Gasteiger partial charge on any atom is -0.496 e. The second-order valence-corrected chi connectivity index (χ2v) is 9.92. The van der Waals surface area contributed by atoms with Gasteiger partial charge < -0.3 is 4.74 Å². The number of para-hydroxylation sites is 1. The Hall–Kier alpha value is -2.21. The first-order valence-corrected chi connectivity index (χ1v) is 11.1. The molecule has 0 spiro atoms. The quantitative estimate of drug-likeness (QED) is 0.638. The van der Waals surface area contributed by atoms with Gasteiger partial charge in [0.05, 0.1) is 7.11 Å². The monoisotopic (exact) mass is 392 g/mol. The number of fused-ring (bicyclic) bond motifs is 1. The normalized spacial score (nSPS) is 31.2. The summed E-state index contributed by atoms with van der Waals surface area (Å²) >= 11 is 1.61. The summed E-state index contributed by atoms with van der Waals surface area (Å²) in [5, 5.41) is 15.0. The van der Waals surface area contributed by atoms with Crippen molar-refractivity contribution in [2.45, 2.75) is 43.9 Å². The first kappa shape index (κ1) is 16.7. The van der Waals surface area contributed by atoms with Gasteiger partial charge in [-0.25, -0.2) is 0 Å². The van der Waals surface area contributed by atoms with Crippen molar-refractivity contribution in [2.75, 3.05) is 7.11 Å². The standard InChI is InChI=1S/C22H24N4OS/c1-27-18-5-3-2-4-17(18)6-7-19-25-26-20(23-24-21(26)28-19)22-11-14-8-15(12-22)10-16(9-14)13-22/h2-7,14-16H,8-13H2,1H3. The molecule has 0 radical (unpaired) electrons. The first-order chi connectivity index (χ1) is 13.7. The molecule has 4 aliphatic rings. The van der Waals surface area contributed by atoms with Crippen LogP contribution in [0.15, 0.2) is 24.3 Å². The molecule has 6 heteroatoms. The van der Waals surface area contributed by atoms with Gasteiger partial charge in [-0.1, -0.05) is 29.5 Å². The molecule has 5 nitrogen and oxygen atoms in total. The van der Waals surface area contributed by atoms with E-state index in [9.17, 15) is 0 Å². The summed E-state index contributed by atoms with van der Waals surface area (Å²) in [5.41, 5.74) is 1.27. The summed E-state index contributed by atoms with van der Waals surface area (Å²) in [6.07, 6.45) is 12.3. The molecular weight excluding hydrogens is 368 g/mol. The van der Waals surface area contributed by atoms with E-state index in [0.29, 0.717) is 0 Å². The maximum atomic E-state index is 5.44. The van der Waals surface area contributed by atoms with Gasteiger partial charge in [-0.3, -0.25) is 0 Å². The fourth-order valence-electron chi connectivity index (χ4n) is 6.38. The van der Waals surface area contributed by atoms with Crippen LogP contribution >= 0.6 is 11.3 Å². The molecule has 2 heterocycles. The van der Waals surface area contributed by atoms with E-state index in [1.165, 1.54) is 38.5 Å². The van der Waals surface area contributed by atoms with Crippen molar-refractivity contribution >= 4 is 28.4 Å². The van der Waals surface area contributed by atoms with Crippen LogP contribution in [0.2, 0.25) is 0 Å². The van der Waals surface area contributed by atoms with Crippen LogP contribution < -0.4 is 4.74 Å². The number of hydrogen-bond donors (Lipinski definition) is 0. The van der Waals surface area contributed by atoms with Crippen LogP contribution in [-0.2, 0) is 5.41 Å². The molecule has 7 rings (SSSR count). The summed E-state index contributed by atoms with van der Waals surface area (Å²) in [7, 11) is 1.70. The van der Waals surface area contributed by atoms with E-state index in [1.54, 1.807) is 18.4 Å². The summed E-state index contributed by atoms with van der Waals surface area (Å²) in [6.45, 7) is 0. The van der Waals surface area contributed by atoms with E-state index >= 15 is 0 Å². The molecule has 2 aromatic heterocycles. The highest BCUT2D eigenvalue weighted by molar-refractivity contribution is 7.17. The molecule has 0 aliphatic heterocycles. The number of aromatic nitrogens is 4. The first-order valence-electron chi connectivity index (χ1n) is 10.3. The highest BCUT2D eigenvalue weighted by Crippen LogP contribution is 2.60. The van der Waals surface area contributed by atoms with Gasteiger partial charge in [0.2, 0.25) is 4.96 Å². The third-order valence-corrected chi connectivity index (χ3v) is 7.93. The average Bonchev–Trinajstić information content (AvgIpc) is 3.26. The van der Waals surface area contributed by atoms with Crippen LogP contribution in [0, 0.1) is 17.8 Å². The van der Waals surface area contributed by atoms with E-state index in [0.717, 1.165) is 44.9 Å². The number of benzene rings is 1. The fraction of sp³-hybridized carbons (Fsp3) is 0.500. The van der Waals surface area contributed by atoms with Crippen molar-refractivity contribution in [1.29, 1.82) is 0 Å². The second-order valence-electron chi connectivity index (χ2n) is 8.93. The molecule has 144 valence electrons. The van der Waals surface area contributed by atoms with E-state index in [4.69, 9.17) is 9.84 Å². The Morgan fingerprint density at radius 1 is 1.04 bits per heavy atom. The van der Waals surface area contributed by atoms with Crippen molar-refractivity contribution in [3.05, 3.63) is 40.7 Å². The lowest BCUT2D eigenvalue weighted by molar-refractivity contribution is -0.0103. The predicted octanol–water partition coefficient (Wildman–Crippen LogP) is 4.83. The molecule has 3 aromatic rings. The lowest BCUT2D eigenvalue weighted by atomic mass is 9.49. The van der Waals surface area contributed by atoms with E-state index < -0.39 is 0 Å². The molecule has 0 saturated heterocycles. The lowest BCUT2D eigenvalue weighted by Crippen LogP contribution is -2.49. The SMILES string of the molecule is COc1ccccc1C=Cc1nn2c(C34CC5CC(CC(C5)C3)C4)nnc2s1. The fourth-order valence-corrected chi connectivity index (χ4v) is 7.12. The largest absolute Gasteiger partial charge is 0.496 e. The van der Waals surface area contributed by atoms with Crippen LogP contribution in [0.5, 0.6) is 5.75 Å². The minimum absolute atomic E-state index is 0.214. The molecule has 0 unspecified atom stereocenters. The molecule has 4 aliphatic carbocycles. The maximum Gasteiger partial charge on any atom is 0.234 e. The zero-order valence-electron chi connectivity index (χ0n) is 16.0. The Labute approximate surface area is 168 Å². The van der Waals surface area contributed by atoms with Crippen molar-refractivity contribution < 1.29 is 4.74 Å². The van der Waals surface area contributed by atoms with E-state index in [1.807, 2.05) is 22.7 Å². The molecule has 4 bridgehead atoms. The molecule has 0 amide bonds. The van der Waals surface area contributed by atoms with Gasteiger partial charge in [-0.05, 0) is 74.5 Å². The minimum atomic E-state index is 0.214. The van der Waals surface area contributed by atoms with Gasteiger partial charge in [-0.15, -0.1) is 10.2 Å². The van der Waals surface area contributed by atoms with Gasteiger partial charge in [-0.2, -0.15) is 9.61 Å². The van der Waals surface area contributed by atoms with Crippen LogP contribution in [-0.4, -0.2) is 26.9 Å². The Bertz CT molecular complexity index is 1030. The van der Waals surface area contributed by atoms with Crippen molar-refractivity contribution in [2.24, 2.45) is 17.8 Å². The average molecular weight is 393 g/mol. The van der Waals surface area contributed by atoms with Crippen LogP contribution in [0.4, 0.5) is 0 Å². The smallest absolute Gasteiger partial charge is 0.234 e. The third kappa shape index (κ3) is 2.54. The number of methoxy groups -OCH3 is 1. The zero-order chi connectivity index (χ0) is 18.7. The third-order valence-electron chi connectivity index (χ3n) is 7.06. The van der Waals surface area contributed by atoms with Crippen LogP contribution in [0.3, 0.4) is 0 Å². The number of ether oxygens (including phenoxy) is 1. The van der Waals surface area contributed by atoms with Crippen LogP contribution in [0.25, 0.3) is 17.1 Å². The van der Waals surface area contributed by atoms with Gasteiger partial charge in [0.15, 0.2) is 5.82 Å². The Morgan fingerprint density at radius 2 is 1.75 bits per heavy atom. The summed E-state index contributed by atoms with van der Waals surface area (Å²) in [4.78, 5) is 0.908. The highest BCUT2D eigenvalue weighted by atomic mass is 32.1. The Balaban J connectivity index is 1.35. The van der Waals surface area contributed by atoms with Gasteiger partial charge in [0, 0.05) is 11.0 Å². The van der Waals surface area contributed by atoms with E-state index in [-0.39, 0.29) is 5.41 Å². The van der Waals surface area contributed by atoms with Gasteiger partial charge >= 0.3 is 0 Å². The number of hydrogen-bond acceptors (Lipinski definition) is 5. The lowest BCUT2D eigenvalue weighted by Gasteiger charge is -2.55. The number of rotatable bonds is 4. The maximum absolute atomic E-state index is 5.44. The Kier molecular flexibility index (Phi) is 3.67. The van der Waals surface area contributed by atoms with Crippen LogP contribution in [0.1, 0.15) is 54.9 Å². The molecular formula is C22H24N4OS. The summed E-state index contributed by atoms with van der Waals surface area (Å²) in [6, 6.07) is 8.03. The zero-order valence-corrected chi connectivity index (χ0v) is 16.9. The number of nitrogens with zero attached hydrogens (tertiary/aromatic N) is 4. The molecule has 0 atom stereocenters. The van der Waals surface area contributed by atoms with E-state index in [2.05, 4.69) is 28.4 Å². The molecule has 0 N–H and O–H groups in total. The van der Waals surface area contributed by atoms with Crippen molar-refractivity contribution in [1.82, 2.24) is 19.8 Å².